The van der Waals surface area contributed by atoms with Crippen LogP contribution >= 0.6 is 0 Å². The topological polar surface area (TPSA) is 17.1 Å². The highest BCUT2D eigenvalue weighted by molar-refractivity contribution is 5.89. The second-order valence-corrected chi connectivity index (χ2v) is 4.56. The summed E-state index contributed by atoms with van der Waals surface area (Å²) in [6.45, 7) is 4.22. The minimum atomic E-state index is 0.254. The summed E-state index contributed by atoms with van der Waals surface area (Å²) in [4.78, 5) is 11.2. The molecule has 1 nitrogen and oxygen atoms in total. The zero-order valence-corrected chi connectivity index (χ0v) is 8.94. The average Bonchev–Trinajstić information content (AvgIpc) is 2.75. The van der Waals surface area contributed by atoms with Crippen LogP contribution in [-0.2, 0) is 4.79 Å². The van der Waals surface area contributed by atoms with E-state index in [-0.39, 0.29) is 5.78 Å². The quantitative estimate of drug-likeness (QED) is 0.494. The summed E-state index contributed by atoms with van der Waals surface area (Å²) in [5.74, 6) is 3.07. The van der Waals surface area contributed by atoms with Gasteiger partial charge in [-0.25, -0.2) is 0 Å². The van der Waals surface area contributed by atoms with Gasteiger partial charge in [0, 0.05) is 6.42 Å². The van der Waals surface area contributed by atoms with Gasteiger partial charge in [-0.1, -0.05) is 32.1 Å². The van der Waals surface area contributed by atoms with Crippen molar-refractivity contribution in [1.82, 2.24) is 0 Å². The van der Waals surface area contributed by atoms with Gasteiger partial charge in [-0.15, -0.1) is 0 Å². The second-order valence-electron chi connectivity index (χ2n) is 4.56. The van der Waals surface area contributed by atoms with Crippen LogP contribution in [0, 0.1) is 23.7 Å². The number of carbonyl (C=O) groups excluding carboxylic acids is 1. The predicted octanol–water partition coefficient (Wildman–Crippen LogP) is 2.98. The third-order valence-electron chi connectivity index (χ3n) is 3.78. The Bertz CT molecular complexity index is 288. The van der Waals surface area contributed by atoms with Crippen molar-refractivity contribution in [2.24, 2.45) is 23.7 Å². The molecule has 0 aromatic rings. The predicted molar refractivity (Wildman–Crippen MR) is 57.8 cm³/mol. The number of hydrogen-bond donors (Lipinski definition) is 0. The van der Waals surface area contributed by atoms with E-state index < -0.39 is 0 Å². The molecule has 0 saturated heterocycles. The summed E-state index contributed by atoms with van der Waals surface area (Å²) in [7, 11) is 0. The largest absolute Gasteiger partial charge is 0.295 e. The molecule has 4 unspecified atom stereocenters. The first kappa shape index (κ1) is 9.70. The van der Waals surface area contributed by atoms with E-state index in [0.29, 0.717) is 18.3 Å². The highest BCUT2D eigenvalue weighted by Crippen LogP contribution is 2.48. The van der Waals surface area contributed by atoms with Gasteiger partial charge in [0.05, 0.1) is 0 Å². The fourth-order valence-electron chi connectivity index (χ4n) is 2.76. The number of allylic oxidation sites excluding steroid dienone is 4. The van der Waals surface area contributed by atoms with Crippen molar-refractivity contribution >= 4 is 5.78 Å². The molecule has 2 aliphatic rings. The van der Waals surface area contributed by atoms with Gasteiger partial charge in [0.25, 0.3) is 0 Å². The van der Waals surface area contributed by atoms with Gasteiger partial charge in [-0.3, -0.25) is 4.79 Å². The number of ketones is 1. The Labute approximate surface area is 85.9 Å². The lowest BCUT2D eigenvalue weighted by Crippen LogP contribution is -2.14. The molecule has 1 fully saturated rings. The number of rotatable bonds is 3. The fourth-order valence-corrected chi connectivity index (χ4v) is 2.76. The van der Waals surface area contributed by atoms with Crippen molar-refractivity contribution in [1.29, 1.82) is 0 Å². The van der Waals surface area contributed by atoms with Crippen LogP contribution in [0.3, 0.4) is 0 Å². The van der Waals surface area contributed by atoms with Crippen LogP contribution < -0.4 is 0 Å². The van der Waals surface area contributed by atoms with E-state index >= 15 is 0 Å². The van der Waals surface area contributed by atoms with Crippen LogP contribution in [0.1, 0.15) is 26.7 Å². The Morgan fingerprint density at radius 1 is 1.43 bits per heavy atom. The molecule has 0 aromatic heterocycles. The fraction of sp³-hybridized carbons (Fsp3) is 0.615. The van der Waals surface area contributed by atoms with Crippen LogP contribution in [0.25, 0.3) is 0 Å². The maximum Gasteiger partial charge on any atom is 0.155 e. The van der Waals surface area contributed by atoms with Crippen LogP contribution in [0.2, 0.25) is 0 Å². The molecule has 0 spiro atoms. The van der Waals surface area contributed by atoms with E-state index in [2.05, 4.69) is 25.2 Å². The van der Waals surface area contributed by atoms with Crippen molar-refractivity contribution in [2.75, 3.05) is 0 Å². The Kier molecular flexibility index (Phi) is 2.58. The Morgan fingerprint density at radius 3 is 2.71 bits per heavy atom. The van der Waals surface area contributed by atoms with Crippen molar-refractivity contribution < 1.29 is 4.79 Å². The van der Waals surface area contributed by atoms with Crippen molar-refractivity contribution in [3.05, 3.63) is 24.3 Å². The van der Waals surface area contributed by atoms with Gasteiger partial charge in [0.2, 0.25) is 0 Å². The molecule has 2 aliphatic carbocycles. The SMILES string of the molecule is CCC(=O)C=CC1C2C=CC(C2)C1C. The molecule has 0 heterocycles. The van der Waals surface area contributed by atoms with E-state index in [9.17, 15) is 4.79 Å². The molecular weight excluding hydrogens is 172 g/mol. The van der Waals surface area contributed by atoms with Gasteiger partial charge in [0.1, 0.15) is 0 Å². The molecule has 0 amide bonds. The molecule has 1 saturated carbocycles. The zero-order valence-electron chi connectivity index (χ0n) is 8.94. The first-order chi connectivity index (χ1) is 6.72. The summed E-state index contributed by atoms with van der Waals surface area (Å²) < 4.78 is 0. The van der Waals surface area contributed by atoms with Gasteiger partial charge >= 0.3 is 0 Å². The minimum Gasteiger partial charge on any atom is -0.295 e. The lowest BCUT2D eigenvalue weighted by molar-refractivity contribution is -0.114. The lowest BCUT2D eigenvalue weighted by Gasteiger charge is -2.21. The van der Waals surface area contributed by atoms with Crippen LogP contribution in [-0.4, -0.2) is 5.78 Å². The molecular formula is C13H18O. The Hall–Kier alpha value is -0.850. The molecule has 4 atom stereocenters. The first-order valence-corrected chi connectivity index (χ1v) is 5.61. The summed E-state index contributed by atoms with van der Waals surface area (Å²) in [5.41, 5.74) is 0. The zero-order chi connectivity index (χ0) is 10.1. The van der Waals surface area contributed by atoms with Crippen molar-refractivity contribution in [3.63, 3.8) is 0 Å². The number of hydrogen-bond acceptors (Lipinski definition) is 1. The molecule has 76 valence electrons. The maximum atomic E-state index is 11.2. The van der Waals surface area contributed by atoms with Crippen LogP contribution in [0.5, 0.6) is 0 Å². The van der Waals surface area contributed by atoms with Crippen molar-refractivity contribution in [2.45, 2.75) is 26.7 Å². The molecule has 2 rings (SSSR count). The van der Waals surface area contributed by atoms with Gasteiger partial charge in [0.15, 0.2) is 5.78 Å². The number of carbonyl (C=O) groups is 1. The average molecular weight is 190 g/mol. The van der Waals surface area contributed by atoms with E-state index in [0.717, 1.165) is 11.8 Å². The van der Waals surface area contributed by atoms with Crippen LogP contribution in [0.4, 0.5) is 0 Å². The molecule has 0 aromatic carbocycles. The molecule has 0 radical (unpaired) electrons. The van der Waals surface area contributed by atoms with Crippen molar-refractivity contribution in [3.8, 4) is 0 Å². The van der Waals surface area contributed by atoms with E-state index in [1.807, 2.05) is 6.92 Å². The summed E-state index contributed by atoms with van der Waals surface area (Å²) in [6.07, 6.45) is 10.5. The van der Waals surface area contributed by atoms with Crippen LogP contribution in [0.15, 0.2) is 24.3 Å². The molecule has 2 bridgehead atoms. The van der Waals surface area contributed by atoms with Gasteiger partial charge < -0.3 is 0 Å². The normalized spacial score (nSPS) is 39.9. The monoisotopic (exact) mass is 190 g/mol. The van der Waals surface area contributed by atoms with E-state index in [1.165, 1.54) is 6.42 Å². The maximum absolute atomic E-state index is 11.2. The van der Waals surface area contributed by atoms with Gasteiger partial charge in [-0.05, 0) is 36.2 Å². The highest BCUT2D eigenvalue weighted by Gasteiger charge is 2.40. The summed E-state index contributed by atoms with van der Waals surface area (Å²) in [6, 6.07) is 0. The highest BCUT2D eigenvalue weighted by atomic mass is 16.1. The lowest BCUT2D eigenvalue weighted by atomic mass is 9.84. The molecule has 0 aliphatic heterocycles. The minimum absolute atomic E-state index is 0.254. The third-order valence-corrected chi connectivity index (χ3v) is 3.78. The summed E-state index contributed by atoms with van der Waals surface area (Å²) >= 11 is 0. The van der Waals surface area contributed by atoms with Gasteiger partial charge in [-0.2, -0.15) is 0 Å². The molecule has 1 heteroatoms. The standard InChI is InChI=1S/C13H18O/c1-3-12(14)6-7-13-9(2)10-4-5-11(13)8-10/h4-7,9-11,13H,3,8H2,1-2H3. The Balaban J connectivity index is 2.03. The number of fused-ring (bicyclic) bond motifs is 2. The molecule has 14 heavy (non-hydrogen) atoms. The Morgan fingerprint density at radius 2 is 2.14 bits per heavy atom. The van der Waals surface area contributed by atoms with E-state index in [4.69, 9.17) is 0 Å². The molecule has 0 N–H and O–H groups in total. The third kappa shape index (κ3) is 1.56. The smallest absolute Gasteiger partial charge is 0.155 e. The van der Waals surface area contributed by atoms with E-state index in [1.54, 1.807) is 6.08 Å². The second kappa shape index (κ2) is 3.72. The summed E-state index contributed by atoms with van der Waals surface area (Å²) in [5, 5.41) is 0. The first-order valence-electron chi connectivity index (χ1n) is 5.61.